The Morgan fingerprint density at radius 2 is 1.58 bits per heavy atom. The first-order valence-electron chi connectivity index (χ1n) is 6.05. The van der Waals surface area contributed by atoms with Crippen molar-refractivity contribution in [3.63, 3.8) is 0 Å². The molecule has 0 spiro atoms. The van der Waals surface area contributed by atoms with E-state index in [2.05, 4.69) is 20.8 Å². The van der Waals surface area contributed by atoms with Gasteiger partial charge in [0.25, 0.3) is 0 Å². The van der Waals surface area contributed by atoms with E-state index in [0.717, 1.165) is 5.56 Å². The summed E-state index contributed by atoms with van der Waals surface area (Å²) < 4.78 is 15.7. The van der Waals surface area contributed by atoms with Crippen LogP contribution in [0.4, 0.5) is 0 Å². The molecule has 0 fully saturated rings. The zero-order chi connectivity index (χ0) is 14.1. The third-order valence-corrected chi connectivity index (χ3v) is 3.23. The maximum absolute atomic E-state index is 10.8. The molecule has 1 unspecified atom stereocenters. The Bertz CT molecular complexity index is 459. The molecule has 0 aliphatic rings. The van der Waals surface area contributed by atoms with Gasteiger partial charge in [-0.2, -0.15) is 0 Å². The van der Waals surface area contributed by atoms with Gasteiger partial charge in [-0.15, -0.1) is 0 Å². The standard InChI is InChI=1S/C14H23O3P.Na/c1-13(2,3)10-7-8-12(17-18(15)16)11(9-10)14(4,5)6;/h7-9,18H,1-6H3,(H,15,16);/q;+1/p-1. The van der Waals surface area contributed by atoms with Gasteiger partial charge in [-0.05, 0) is 22.5 Å². The van der Waals surface area contributed by atoms with Crippen molar-refractivity contribution in [1.29, 1.82) is 0 Å². The zero-order valence-electron chi connectivity index (χ0n) is 13.0. The molecule has 19 heavy (non-hydrogen) atoms. The van der Waals surface area contributed by atoms with Gasteiger partial charge in [0.05, 0.1) is 0 Å². The summed E-state index contributed by atoms with van der Waals surface area (Å²) in [5.41, 5.74) is 1.96. The predicted molar refractivity (Wildman–Crippen MR) is 73.5 cm³/mol. The number of benzene rings is 1. The second kappa shape index (κ2) is 6.78. The predicted octanol–water partition coefficient (Wildman–Crippen LogP) is 0.414. The summed E-state index contributed by atoms with van der Waals surface area (Å²) in [5, 5.41) is 0. The van der Waals surface area contributed by atoms with Crippen molar-refractivity contribution in [3.8, 4) is 5.75 Å². The van der Waals surface area contributed by atoms with E-state index in [4.69, 9.17) is 4.52 Å². The molecule has 0 saturated heterocycles. The van der Waals surface area contributed by atoms with E-state index < -0.39 is 8.25 Å². The molecular formula is C14H22NaO3P. The van der Waals surface area contributed by atoms with Crippen LogP contribution in [0.25, 0.3) is 0 Å². The van der Waals surface area contributed by atoms with Gasteiger partial charge in [0.2, 0.25) is 0 Å². The van der Waals surface area contributed by atoms with Crippen LogP contribution >= 0.6 is 8.25 Å². The molecule has 1 rings (SSSR count). The quantitative estimate of drug-likeness (QED) is 0.586. The number of rotatable bonds is 2. The summed E-state index contributed by atoms with van der Waals surface area (Å²) in [5.74, 6) is 0.439. The van der Waals surface area contributed by atoms with Crippen LogP contribution in [0.15, 0.2) is 18.2 Å². The van der Waals surface area contributed by atoms with E-state index in [-0.39, 0.29) is 40.4 Å². The Hall–Kier alpha value is 0.210. The van der Waals surface area contributed by atoms with Crippen molar-refractivity contribution in [3.05, 3.63) is 29.3 Å². The van der Waals surface area contributed by atoms with Crippen molar-refractivity contribution >= 4 is 8.25 Å². The van der Waals surface area contributed by atoms with Crippen LogP contribution in [0, 0.1) is 0 Å². The SMILES string of the molecule is CC(C)(C)c1ccc(O[PH](=O)[O-])c(C(C)(C)C)c1.[Na+]. The maximum atomic E-state index is 10.8. The molecule has 0 radical (unpaired) electrons. The van der Waals surface area contributed by atoms with E-state index >= 15 is 0 Å². The molecule has 1 aromatic rings. The molecular weight excluding hydrogens is 270 g/mol. The van der Waals surface area contributed by atoms with Gasteiger partial charge in [-0.25, -0.2) is 0 Å². The van der Waals surface area contributed by atoms with Crippen LogP contribution in [0.2, 0.25) is 0 Å². The van der Waals surface area contributed by atoms with Crippen LogP contribution in [-0.2, 0) is 15.4 Å². The number of hydrogen-bond donors (Lipinski definition) is 0. The van der Waals surface area contributed by atoms with Crippen LogP contribution < -0.4 is 39.0 Å². The molecule has 0 heterocycles. The largest absolute Gasteiger partial charge is 1.00 e. The molecule has 0 aromatic heterocycles. The Labute approximate surface area is 139 Å². The smallest absolute Gasteiger partial charge is 0.771 e. The van der Waals surface area contributed by atoms with E-state index in [9.17, 15) is 9.46 Å². The molecule has 0 amide bonds. The molecule has 1 aromatic carbocycles. The Morgan fingerprint density at radius 3 is 1.95 bits per heavy atom. The van der Waals surface area contributed by atoms with Gasteiger partial charge in [-0.1, -0.05) is 53.7 Å². The molecule has 0 saturated carbocycles. The summed E-state index contributed by atoms with van der Waals surface area (Å²) in [6.45, 7) is 12.5. The van der Waals surface area contributed by atoms with E-state index in [0.29, 0.717) is 5.75 Å². The maximum Gasteiger partial charge on any atom is 1.00 e. The average molecular weight is 292 g/mol. The van der Waals surface area contributed by atoms with Crippen molar-refractivity contribution in [1.82, 2.24) is 0 Å². The molecule has 0 N–H and O–H groups in total. The Balaban J connectivity index is 0.00000324. The number of hydrogen-bond acceptors (Lipinski definition) is 3. The first-order chi connectivity index (χ1) is 8.01. The summed E-state index contributed by atoms with van der Waals surface area (Å²) in [4.78, 5) is 10.8. The average Bonchev–Trinajstić information content (AvgIpc) is 2.13. The minimum Gasteiger partial charge on any atom is -0.771 e. The van der Waals surface area contributed by atoms with Crippen molar-refractivity contribution in [2.45, 2.75) is 52.4 Å². The van der Waals surface area contributed by atoms with Crippen molar-refractivity contribution in [2.24, 2.45) is 0 Å². The topological polar surface area (TPSA) is 49.4 Å². The zero-order valence-corrected chi connectivity index (χ0v) is 16.0. The second-order valence-corrected chi connectivity index (χ2v) is 7.27. The van der Waals surface area contributed by atoms with Gasteiger partial charge in [-0.3, -0.25) is 4.57 Å². The normalized spacial score (nSPS) is 13.6. The first kappa shape index (κ1) is 19.2. The minimum atomic E-state index is -3.22. The fourth-order valence-corrected chi connectivity index (χ4v) is 2.12. The Kier molecular flexibility index (Phi) is 6.85. The van der Waals surface area contributed by atoms with Gasteiger partial charge in [0.15, 0.2) is 8.25 Å². The summed E-state index contributed by atoms with van der Waals surface area (Å²) in [7, 11) is -3.22. The van der Waals surface area contributed by atoms with Gasteiger partial charge in [0.1, 0.15) is 5.75 Å². The van der Waals surface area contributed by atoms with Crippen molar-refractivity contribution < 1.29 is 43.5 Å². The summed E-state index contributed by atoms with van der Waals surface area (Å²) in [6, 6.07) is 5.72. The van der Waals surface area contributed by atoms with Crippen LogP contribution in [0.5, 0.6) is 5.75 Å². The first-order valence-corrected chi connectivity index (χ1v) is 7.28. The van der Waals surface area contributed by atoms with Crippen LogP contribution in [-0.4, -0.2) is 0 Å². The second-order valence-electron chi connectivity index (χ2n) is 6.56. The minimum absolute atomic E-state index is 0. The molecule has 0 aliphatic heterocycles. The molecule has 1 atom stereocenters. The summed E-state index contributed by atoms with van der Waals surface area (Å²) in [6.07, 6.45) is 0. The summed E-state index contributed by atoms with van der Waals surface area (Å²) >= 11 is 0. The molecule has 5 heteroatoms. The van der Waals surface area contributed by atoms with Gasteiger partial charge < -0.3 is 9.42 Å². The monoisotopic (exact) mass is 292 g/mol. The van der Waals surface area contributed by atoms with Crippen molar-refractivity contribution in [2.75, 3.05) is 0 Å². The van der Waals surface area contributed by atoms with Gasteiger partial charge >= 0.3 is 29.6 Å². The van der Waals surface area contributed by atoms with Crippen LogP contribution in [0.3, 0.4) is 0 Å². The third kappa shape index (κ3) is 5.61. The van der Waals surface area contributed by atoms with E-state index in [1.54, 1.807) is 6.07 Å². The third-order valence-electron chi connectivity index (χ3n) is 2.85. The molecule has 3 nitrogen and oxygen atoms in total. The molecule has 0 aliphatic carbocycles. The molecule has 102 valence electrons. The fourth-order valence-electron chi connectivity index (χ4n) is 1.76. The van der Waals surface area contributed by atoms with Gasteiger partial charge in [0, 0.05) is 5.56 Å². The van der Waals surface area contributed by atoms with E-state index in [1.165, 1.54) is 5.56 Å². The molecule has 0 bridgehead atoms. The Morgan fingerprint density at radius 1 is 1.05 bits per heavy atom. The van der Waals surface area contributed by atoms with Crippen LogP contribution in [0.1, 0.15) is 52.7 Å². The van der Waals surface area contributed by atoms with E-state index in [1.807, 2.05) is 32.9 Å². The fraction of sp³-hybridized carbons (Fsp3) is 0.571.